The van der Waals surface area contributed by atoms with Gasteiger partial charge in [0.25, 0.3) is 5.91 Å². The summed E-state index contributed by atoms with van der Waals surface area (Å²) in [6, 6.07) is 10.3. The topological polar surface area (TPSA) is 106 Å². The van der Waals surface area contributed by atoms with Crippen LogP contribution in [0.15, 0.2) is 42.5 Å². The molecule has 38 heavy (non-hydrogen) atoms. The van der Waals surface area contributed by atoms with Gasteiger partial charge in [-0.3, -0.25) is 4.79 Å². The molecule has 1 saturated carbocycles. The van der Waals surface area contributed by atoms with Crippen LogP contribution in [0.1, 0.15) is 49.8 Å². The molecule has 0 bridgehead atoms. The van der Waals surface area contributed by atoms with E-state index in [1.54, 1.807) is 36.1 Å². The Morgan fingerprint density at radius 3 is 2.68 bits per heavy atom. The molecule has 7 nitrogen and oxygen atoms in total. The SMILES string of the molecule is Cc1nc(C(=O)N2[C@H](CN)C[C@@H]3C[C@@H]32)c(-c2cccc(C(F)(F)F)c2)s1.O=C(O)c1cccc2c1CCO2. The van der Waals surface area contributed by atoms with Crippen LogP contribution in [0.2, 0.25) is 0 Å². The van der Waals surface area contributed by atoms with Crippen LogP contribution in [0.25, 0.3) is 10.4 Å². The summed E-state index contributed by atoms with van der Waals surface area (Å²) in [5.74, 6) is 0.124. The summed E-state index contributed by atoms with van der Waals surface area (Å²) in [6.45, 7) is 2.74. The second-order valence-electron chi connectivity index (χ2n) is 9.58. The third-order valence-corrected chi connectivity index (χ3v) is 8.10. The van der Waals surface area contributed by atoms with Crippen molar-refractivity contribution < 1.29 is 32.6 Å². The molecule has 3 heterocycles. The number of nitrogens with two attached hydrogens (primary N) is 1. The minimum absolute atomic E-state index is 0.0115. The number of aromatic nitrogens is 1. The van der Waals surface area contributed by atoms with E-state index in [1.807, 2.05) is 0 Å². The van der Waals surface area contributed by atoms with Gasteiger partial charge in [0.2, 0.25) is 0 Å². The molecule has 1 aromatic heterocycles. The van der Waals surface area contributed by atoms with E-state index in [9.17, 15) is 22.8 Å². The molecule has 1 amide bonds. The van der Waals surface area contributed by atoms with E-state index in [1.165, 1.54) is 17.4 Å². The lowest BCUT2D eigenvalue weighted by molar-refractivity contribution is -0.137. The molecular weight excluding hydrogens is 519 g/mol. The highest BCUT2D eigenvalue weighted by molar-refractivity contribution is 7.15. The van der Waals surface area contributed by atoms with Gasteiger partial charge in [0.15, 0.2) is 0 Å². The molecule has 2 aromatic carbocycles. The van der Waals surface area contributed by atoms with Gasteiger partial charge >= 0.3 is 12.1 Å². The maximum Gasteiger partial charge on any atom is 0.416 e. The van der Waals surface area contributed by atoms with Crippen molar-refractivity contribution in [1.82, 2.24) is 9.88 Å². The first-order valence-electron chi connectivity index (χ1n) is 12.2. The molecule has 2 aliphatic heterocycles. The molecular formula is C27H26F3N3O4S. The molecule has 3 atom stereocenters. The van der Waals surface area contributed by atoms with E-state index in [4.69, 9.17) is 15.6 Å². The maximum atomic E-state index is 13.1. The van der Waals surface area contributed by atoms with Crippen molar-refractivity contribution in [2.45, 2.75) is 44.4 Å². The molecule has 0 unspecified atom stereocenters. The van der Waals surface area contributed by atoms with Crippen LogP contribution in [0, 0.1) is 12.8 Å². The van der Waals surface area contributed by atoms with Crippen LogP contribution in [0.5, 0.6) is 5.75 Å². The summed E-state index contributed by atoms with van der Waals surface area (Å²) < 4.78 is 44.4. The van der Waals surface area contributed by atoms with Crippen LogP contribution in [-0.4, -0.2) is 52.1 Å². The molecule has 3 aromatic rings. The summed E-state index contributed by atoms with van der Waals surface area (Å²) in [7, 11) is 0. The normalized spacial score (nSPS) is 21.2. The fourth-order valence-electron chi connectivity index (χ4n) is 5.23. The molecule has 3 N–H and O–H groups in total. The summed E-state index contributed by atoms with van der Waals surface area (Å²) in [6.07, 6.45) is -1.85. The summed E-state index contributed by atoms with van der Waals surface area (Å²) in [4.78, 5) is 30.5. The third-order valence-electron chi connectivity index (χ3n) is 7.08. The molecule has 0 radical (unpaired) electrons. The van der Waals surface area contributed by atoms with Gasteiger partial charge < -0.3 is 20.5 Å². The highest BCUT2D eigenvalue weighted by Gasteiger charge is 2.54. The number of likely N-dealkylation sites (tertiary alicyclic amines) is 1. The largest absolute Gasteiger partial charge is 0.493 e. The van der Waals surface area contributed by atoms with Crippen molar-refractivity contribution in [3.63, 3.8) is 0 Å². The van der Waals surface area contributed by atoms with Crippen molar-refractivity contribution in [3.8, 4) is 16.2 Å². The lowest BCUT2D eigenvalue weighted by Crippen LogP contribution is -2.42. The quantitative estimate of drug-likeness (QED) is 0.477. The first-order chi connectivity index (χ1) is 18.1. The Morgan fingerprint density at radius 2 is 1.97 bits per heavy atom. The van der Waals surface area contributed by atoms with Gasteiger partial charge in [-0.2, -0.15) is 13.2 Å². The molecule has 6 rings (SSSR count). The van der Waals surface area contributed by atoms with Gasteiger partial charge in [-0.25, -0.2) is 9.78 Å². The number of carboxylic acids is 1. The Balaban J connectivity index is 0.000000204. The molecule has 2 fully saturated rings. The first kappa shape index (κ1) is 26.2. The fourth-order valence-corrected chi connectivity index (χ4v) is 6.14. The lowest BCUT2D eigenvalue weighted by atomic mass is 10.1. The van der Waals surface area contributed by atoms with E-state index in [2.05, 4.69) is 4.98 Å². The monoisotopic (exact) mass is 545 g/mol. The van der Waals surface area contributed by atoms with Gasteiger partial charge in [0.1, 0.15) is 11.4 Å². The maximum absolute atomic E-state index is 13.1. The van der Waals surface area contributed by atoms with Crippen molar-refractivity contribution in [3.05, 3.63) is 69.9 Å². The highest BCUT2D eigenvalue weighted by Crippen LogP contribution is 2.48. The Bertz CT molecular complexity index is 1390. The molecule has 3 aliphatic rings. The number of amides is 1. The number of aromatic carboxylic acids is 1. The zero-order valence-corrected chi connectivity index (χ0v) is 21.3. The van der Waals surface area contributed by atoms with Gasteiger partial charge in [0, 0.05) is 30.6 Å². The van der Waals surface area contributed by atoms with Crippen molar-refractivity contribution in [2.75, 3.05) is 13.2 Å². The second kappa shape index (κ2) is 10.0. The van der Waals surface area contributed by atoms with E-state index in [0.717, 1.165) is 36.3 Å². The number of carboxylic acid groups (broad SMARTS) is 1. The summed E-state index contributed by atoms with van der Waals surface area (Å²) in [5.41, 5.74) is 6.86. The lowest BCUT2D eigenvalue weighted by Gasteiger charge is -2.26. The predicted octanol–water partition coefficient (Wildman–Crippen LogP) is 5.02. The number of carbonyl (C=O) groups excluding carboxylic acids is 1. The van der Waals surface area contributed by atoms with E-state index in [-0.39, 0.29) is 23.7 Å². The van der Waals surface area contributed by atoms with E-state index < -0.39 is 17.7 Å². The molecule has 1 saturated heterocycles. The molecule has 11 heteroatoms. The van der Waals surface area contributed by atoms with Crippen molar-refractivity contribution in [2.24, 2.45) is 11.7 Å². The number of hydrogen-bond donors (Lipinski definition) is 2. The number of thiazole rings is 1. The molecule has 0 spiro atoms. The van der Waals surface area contributed by atoms with Crippen LogP contribution in [-0.2, 0) is 12.6 Å². The fraction of sp³-hybridized carbons (Fsp3) is 0.370. The Labute approximate surface area is 221 Å². The number of piperidine rings is 1. The minimum Gasteiger partial charge on any atom is -0.493 e. The van der Waals surface area contributed by atoms with Crippen LogP contribution in [0.4, 0.5) is 13.2 Å². The average Bonchev–Trinajstić information content (AvgIpc) is 3.23. The summed E-state index contributed by atoms with van der Waals surface area (Å²) in [5, 5.41) is 9.44. The number of fused-ring (bicyclic) bond motifs is 2. The van der Waals surface area contributed by atoms with E-state index in [0.29, 0.717) is 46.5 Å². The number of hydrogen-bond acceptors (Lipinski definition) is 6. The van der Waals surface area contributed by atoms with Crippen molar-refractivity contribution >= 4 is 23.2 Å². The van der Waals surface area contributed by atoms with Crippen LogP contribution >= 0.6 is 11.3 Å². The number of benzene rings is 2. The standard InChI is InChI=1S/C18H18F3N3OS.C9H8O3/c1-9-23-15(17(25)24-13(8-22)6-11-7-14(11)24)16(26-9)10-3-2-4-12(5-10)18(19,20)21;10-9(11)7-2-1-3-8-6(7)4-5-12-8/h2-5,11,13-14H,6-8,22H2,1H3;1-3H,4-5H2,(H,10,11)/t11-,13+,14+;/m1./s1. The third kappa shape index (κ3) is 5.00. The number of carbonyl (C=O) groups is 2. The van der Waals surface area contributed by atoms with Crippen molar-refractivity contribution in [1.29, 1.82) is 0 Å². The zero-order valence-electron chi connectivity index (χ0n) is 20.5. The number of ether oxygens (including phenoxy) is 1. The zero-order chi connectivity index (χ0) is 27.2. The molecule has 1 aliphatic carbocycles. The van der Waals surface area contributed by atoms with Gasteiger partial charge in [0.05, 0.1) is 27.6 Å². The van der Waals surface area contributed by atoms with Gasteiger partial charge in [-0.1, -0.05) is 18.2 Å². The Kier molecular flexibility index (Phi) is 6.91. The number of halogens is 3. The number of aryl methyl sites for hydroxylation is 1. The summed E-state index contributed by atoms with van der Waals surface area (Å²) >= 11 is 1.24. The highest BCUT2D eigenvalue weighted by atomic mass is 32.1. The number of nitrogens with zero attached hydrogens (tertiary/aromatic N) is 2. The van der Waals surface area contributed by atoms with Crippen LogP contribution in [0.3, 0.4) is 0 Å². The van der Waals surface area contributed by atoms with Gasteiger partial charge in [-0.05, 0) is 55.5 Å². The first-order valence-corrected chi connectivity index (χ1v) is 13.1. The Hall–Kier alpha value is -3.44. The predicted molar refractivity (Wildman–Crippen MR) is 135 cm³/mol. The van der Waals surface area contributed by atoms with Gasteiger partial charge in [-0.15, -0.1) is 11.3 Å². The average molecular weight is 546 g/mol. The minimum atomic E-state index is -4.43. The molecule has 200 valence electrons. The Morgan fingerprint density at radius 1 is 1.21 bits per heavy atom. The van der Waals surface area contributed by atoms with E-state index >= 15 is 0 Å². The number of rotatable bonds is 4. The number of alkyl halides is 3. The van der Waals surface area contributed by atoms with Crippen LogP contribution < -0.4 is 10.5 Å². The second-order valence-corrected chi connectivity index (χ2v) is 10.8. The smallest absolute Gasteiger partial charge is 0.416 e.